The van der Waals surface area contributed by atoms with Crippen LogP contribution >= 0.6 is 24.0 Å². The molecule has 0 radical (unpaired) electrons. The van der Waals surface area contributed by atoms with Crippen LogP contribution < -0.4 is 0 Å². The van der Waals surface area contributed by atoms with E-state index in [1.807, 2.05) is 0 Å². The molecule has 0 spiro atoms. The Morgan fingerprint density at radius 2 is 1.51 bits per heavy atom. The van der Waals surface area contributed by atoms with Crippen molar-refractivity contribution in [2.45, 2.75) is 126 Å². The van der Waals surface area contributed by atoms with E-state index in [0.29, 0.717) is 28.9 Å². The molecule has 4 bridgehead atoms. The molecule has 1 aromatic rings. The average molecular weight is 748 g/mol. The minimum absolute atomic E-state index is 0.192. The lowest BCUT2D eigenvalue weighted by Gasteiger charge is -2.59. The Hall–Kier alpha value is -3.36. The molecule has 5 fully saturated rings. The number of ether oxygens (including phenoxy) is 6. The number of nitrogens with zero attached hydrogens (tertiary/aromatic N) is 1. The number of hydrogen-bond donors (Lipinski definition) is 1. The summed E-state index contributed by atoms with van der Waals surface area (Å²) in [6, 6.07) is 5.80. The zero-order valence-electron chi connectivity index (χ0n) is 29.2. The second-order valence-electron chi connectivity index (χ2n) is 14.1. The van der Waals surface area contributed by atoms with Crippen LogP contribution in [-0.4, -0.2) is 86.9 Å². The highest BCUT2D eigenvalue weighted by Crippen LogP contribution is 2.64. The van der Waals surface area contributed by atoms with E-state index in [1.165, 1.54) is 18.7 Å². The first-order valence-corrected chi connectivity index (χ1v) is 18.4. The minimum Gasteiger partial charge on any atom is -0.462 e. The smallest absolute Gasteiger partial charge is 0.349 e. The lowest BCUT2D eigenvalue weighted by Crippen LogP contribution is -2.65. The monoisotopic (exact) mass is 747 g/mol. The predicted molar refractivity (Wildman–Crippen MR) is 185 cm³/mol. The lowest BCUT2D eigenvalue weighted by atomic mass is 9.56. The fraction of sp³-hybridized carbons (Fsp3) is 0.667. The number of isothiocyanates is 1. The Kier molecular flexibility index (Phi) is 12.6. The first-order valence-electron chi connectivity index (χ1n) is 17.2. The minimum atomic E-state index is -1.85. The first kappa shape index (κ1) is 38.9. The van der Waals surface area contributed by atoms with Gasteiger partial charge in [-0.05, 0) is 79.6 Å². The number of rotatable bonds is 14. The Morgan fingerprint density at radius 1 is 0.902 bits per heavy atom. The number of aliphatic hydroxyl groups is 1. The van der Waals surface area contributed by atoms with E-state index in [4.69, 9.17) is 40.6 Å². The van der Waals surface area contributed by atoms with Gasteiger partial charge in [-0.25, -0.2) is 9.79 Å². The molecule has 0 unspecified atom stereocenters. The summed E-state index contributed by atoms with van der Waals surface area (Å²) in [5.74, 6) is -2.23. The summed E-state index contributed by atoms with van der Waals surface area (Å²) in [5.41, 5.74) is 1.16. The Bertz CT molecular complexity index is 1510. The molecule has 1 heterocycles. The van der Waals surface area contributed by atoms with Gasteiger partial charge in [-0.15, -0.1) is 11.8 Å². The van der Waals surface area contributed by atoms with Gasteiger partial charge in [-0.1, -0.05) is 24.3 Å². The summed E-state index contributed by atoms with van der Waals surface area (Å²) in [6.07, 6.45) is 0.214. The zero-order chi connectivity index (χ0) is 36.9. The summed E-state index contributed by atoms with van der Waals surface area (Å²) in [4.78, 5) is 66.7. The predicted octanol–water partition coefficient (Wildman–Crippen LogP) is 4.24. The van der Waals surface area contributed by atoms with Crippen molar-refractivity contribution in [1.82, 2.24) is 0 Å². The van der Waals surface area contributed by atoms with Gasteiger partial charge in [0.2, 0.25) is 4.93 Å². The second-order valence-corrected chi connectivity index (χ2v) is 16.0. The van der Waals surface area contributed by atoms with Crippen molar-refractivity contribution in [3.05, 3.63) is 35.4 Å². The lowest BCUT2D eigenvalue weighted by molar-refractivity contribution is -0.222. The Morgan fingerprint density at radius 3 is 2.04 bits per heavy atom. The molecule has 0 amide bonds. The van der Waals surface area contributed by atoms with Gasteiger partial charge in [0.25, 0.3) is 0 Å². The molecule has 4 aliphatic carbocycles. The largest absolute Gasteiger partial charge is 0.462 e. The van der Waals surface area contributed by atoms with Crippen molar-refractivity contribution in [3.8, 4) is 0 Å². The molecule has 1 saturated heterocycles. The van der Waals surface area contributed by atoms with E-state index in [2.05, 4.69) is 10.2 Å². The molecular formula is C36H45NO12S2. The standard InChI is InChI=1S/C36H45NO12S2/c1-20(39)44-18-30(47-22(3)41)32(48-23(4)42)33-31(37-19-50)29(46-21(2)40)15-36(49-33,34(43)45-17-28-8-6-5-7-27(28)16-38)51-35-12-24-9-25(13-35)11-26(10-24)14-35/h5-8,24-26,29-33,38H,9-18H2,1-4H3/t24?,25?,26?,29-,30+,31+,32+,33+,35?,36+/m0/s1. The van der Waals surface area contributed by atoms with Crippen LogP contribution in [0.25, 0.3) is 0 Å². The maximum absolute atomic E-state index is 14.8. The fourth-order valence-electron chi connectivity index (χ4n) is 8.74. The van der Waals surface area contributed by atoms with Gasteiger partial charge in [-0.2, -0.15) is 0 Å². The van der Waals surface area contributed by atoms with Crippen LogP contribution in [0.2, 0.25) is 0 Å². The molecule has 51 heavy (non-hydrogen) atoms. The molecule has 15 heteroatoms. The van der Waals surface area contributed by atoms with E-state index in [-0.39, 0.29) is 24.4 Å². The van der Waals surface area contributed by atoms with E-state index in [1.54, 1.807) is 24.3 Å². The molecule has 1 aliphatic heterocycles. The fourth-order valence-corrected chi connectivity index (χ4v) is 11.1. The molecule has 278 valence electrons. The Balaban J connectivity index is 1.62. The molecule has 13 nitrogen and oxygen atoms in total. The van der Waals surface area contributed by atoms with Crippen molar-refractivity contribution >= 4 is 59.0 Å². The van der Waals surface area contributed by atoms with Crippen LogP contribution in [0.3, 0.4) is 0 Å². The summed E-state index contributed by atoms with van der Waals surface area (Å²) >= 11 is 6.34. The zero-order valence-corrected chi connectivity index (χ0v) is 30.8. The molecule has 1 N–H and O–H groups in total. The highest BCUT2D eigenvalue weighted by Gasteiger charge is 2.63. The molecule has 0 aromatic heterocycles. The third-order valence-corrected chi connectivity index (χ3v) is 11.9. The molecule has 4 saturated carbocycles. The van der Waals surface area contributed by atoms with E-state index >= 15 is 0 Å². The maximum Gasteiger partial charge on any atom is 0.349 e. The number of hydrogen-bond acceptors (Lipinski definition) is 15. The third kappa shape index (κ3) is 9.36. The van der Waals surface area contributed by atoms with Crippen LogP contribution in [0.4, 0.5) is 0 Å². The summed E-state index contributed by atoms with van der Waals surface area (Å²) < 4.78 is 34.9. The third-order valence-electron chi connectivity index (χ3n) is 10.1. The van der Waals surface area contributed by atoms with Crippen molar-refractivity contribution < 1.29 is 57.5 Å². The maximum atomic E-state index is 14.8. The van der Waals surface area contributed by atoms with Crippen molar-refractivity contribution in [1.29, 1.82) is 0 Å². The van der Waals surface area contributed by atoms with Crippen LogP contribution in [0.15, 0.2) is 29.3 Å². The molecule has 6 rings (SSSR count). The van der Waals surface area contributed by atoms with E-state index in [0.717, 1.165) is 59.3 Å². The van der Waals surface area contributed by atoms with Crippen molar-refractivity contribution in [2.75, 3.05) is 6.61 Å². The number of thioether (sulfide) groups is 1. The van der Waals surface area contributed by atoms with Gasteiger partial charge in [0, 0.05) is 38.9 Å². The van der Waals surface area contributed by atoms with E-state index < -0.39 is 71.8 Å². The van der Waals surface area contributed by atoms with Crippen LogP contribution in [0.1, 0.15) is 83.8 Å². The van der Waals surface area contributed by atoms with Gasteiger partial charge in [-0.3, -0.25) is 19.2 Å². The number of carbonyl (C=O) groups excluding carboxylic acids is 5. The van der Waals surface area contributed by atoms with Gasteiger partial charge >= 0.3 is 29.8 Å². The molecule has 6 atom stereocenters. The quantitative estimate of drug-likeness (QED) is 0.124. The number of aliphatic imine (C=N–C) groups is 1. The SMILES string of the molecule is CC(=O)OC[C@@H](OC(C)=O)[C@@H](OC(C)=O)[C@@H]1O[C@](SC23CC4CC(CC(C4)C2)C3)(C(=O)OCc2ccccc2CO)C[C@H](OC(C)=O)[C@H]1N=C=S. The highest BCUT2D eigenvalue weighted by molar-refractivity contribution is 8.02. The van der Waals surface area contributed by atoms with Crippen LogP contribution in [0, 0.1) is 17.8 Å². The number of thiocarbonyl (C=S) groups is 1. The number of carbonyl (C=O) groups is 5. The second kappa shape index (κ2) is 16.5. The van der Waals surface area contributed by atoms with Gasteiger partial charge in [0.15, 0.2) is 12.2 Å². The number of esters is 5. The first-order chi connectivity index (χ1) is 24.2. The highest BCUT2D eigenvalue weighted by atomic mass is 32.2. The number of aliphatic hydroxyl groups excluding tert-OH is 1. The van der Waals surface area contributed by atoms with E-state index in [9.17, 15) is 29.1 Å². The van der Waals surface area contributed by atoms with Crippen LogP contribution in [-0.2, 0) is 65.6 Å². The van der Waals surface area contributed by atoms with Gasteiger partial charge in [0.05, 0.1) is 11.8 Å². The van der Waals surface area contributed by atoms with Crippen LogP contribution in [0.5, 0.6) is 0 Å². The molecule has 5 aliphatic rings. The Labute approximate surface area is 306 Å². The van der Waals surface area contributed by atoms with Gasteiger partial charge < -0.3 is 33.5 Å². The van der Waals surface area contributed by atoms with Gasteiger partial charge in [0.1, 0.15) is 31.5 Å². The van der Waals surface area contributed by atoms with Crippen molar-refractivity contribution in [3.63, 3.8) is 0 Å². The topological polar surface area (TPSA) is 173 Å². The summed E-state index contributed by atoms with van der Waals surface area (Å²) in [7, 11) is 0. The molecular weight excluding hydrogens is 703 g/mol. The number of benzene rings is 1. The normalized spacial score (nSPS) is 31.7. The summed E-state index contributed by atoms with van der Waals surface area (Å²) in [5, 5.41) is 12.2. The average Bonchev–Trinajstić information content (AvgIpc) is 3.04. The summed E-state index contributed by atoms with van der Waals surface area (Å²) in [6.45, 7) is 3.66. The molecule has 1 aromatic carbocycles. The van der Waals surface area contributed by atoms with Crippen molar-refractivity contribution in [2.24, 2.45) is 22.7 Å².